The molecule has 19 heavy (non-hydrogen) atoms. The van der Waals surface area contributed by atoms with Gasteiger partial charge in [0, 0.05) is 18.6 Å². The van der Waals surface area contributed by atoms with Crippen LogP contribution in [-0.4, -0.2) is 57.0 Å². The van der Waals surface area contributed by atoms with Gasteiger partial charge in [-0.3, -0.25) is 0 Å². The normalized spacial score (nSPS) is 24.8. The van der Waals surface area contributed by atoms with Gasteiger partial charge in [0.25, 0.3) is 0 Å². The predicted octanol–water partition coefficient (Wildman–Crippen LogP) is 1.52. The van der Waals surface area contributed by atoms with E-state index in [2.05, 4.69) is 45.0 Å². The van der Waals surface area contributed by atoms with Gasteiger partial charge in [0.15, 0.2) is 9.84 Å². The zero-order chi connectivity index (χ0) is 14.7. The second kappa shape index (κ2) is 6.55. The van der Waals surface area contributed by atoms with Crippen molar-refractivity contribution in [3.63, 3.8) is 0 Å². The van der Waals surface area contributed by atoms with Gasteiger partial charge in [-0.2, -0.15) is 0 Å². The average Bonchev–Trinajstić information content (AvgIpc) is 2.66. The fourth-order valence-corrected chi connectivity index (χ4v) is 4.47. The Hall–Kier alpha value is -0.130. The minimum absolute atomic E-state index is 0.135. The highest BCUT2D eigenvalue weighted by Gasteiger charge is 2.34. The van der Waals surface area contributed by atoms with E-state index in [1.54, 1.807) is 0 Å². The van der Waals surface area contributed by atoms with E-state index in [9.17, 15) is 8.42 Å². The molecule has 0 spiro atoms. The lowest BCUT2D eigenvalue weighted by atomic mass is 9.84. The number of nitrogens with zero attached hydrogens (tertiary/aromatic N) is 1. The van der Waals surface area contributed by atoms with Crippen molar-refractivity contribution in [1.29, 1.82) is 0 Å². The first-order chi connectivity index (χ1) is 8.68. The van der Waals surface area contributed by atoms with Crippen molar-refractivity contribution in [1.82, 2.24) is 10.2 Å². The molecule has 1 rings (SSSR count). The van der Waals surface area contributed by atoms with Gasteiger partial charge in [-0.25, -0.2) is 8.42 Å². The fraction of sp³-hybridized carbons (Fsp3) is 1.00. The highest BCUT2D eigenvalue weighted by Crippen LogP contribution is 2.25. The maximum atomic E-state index is 11.5. The van der Waals surface area contributed by atoms with Gasteiger partial charge < -0.3 is 10.2 Å². The van der Waals surface area contributed by atoms with Gasteiger partial charge in [-0.15, -0.1) is 0 Å². The van der Waals surface area contributed by atoms with Crippen molar-refractivity contribution in [2.45, 2.75) is 52.6 Å². The van der Waals surface area contributed by atoms with Gasteiger partial charge in [-0.1, -0.05) is 20.8 Å². The van der Waals surface area contributed by atoms with Crippen LogP contribution < -0.4 is 5.32 Å². The molecule has 0 aromatic carbocycles. The molecule has 4 nitrogen and oxygen atoms in total. The largest absolute Gasteiger partial charge is 0.314 e. The Balaban J connectivity index is 2.53. The van der Waals surface area contributed by atoms with Gasteiger partial charge in [0.2, 0.25) is 0 Å². The first-order valence-electron chi connectivity index (χ1n) is 7.32. The van der Waals surface area contributed by atoms with E-state index in [-0.39, 0.29) is 11.5 Å². The maximum absolute atomic E-state index is 11.5. The summed E-state index contributed by atoms with van der Waals surface area (Å²) in [4.78, 5) is 2.23. The lowest BCUT2D eigenvalue weighted by Gasteiger charge is -2.38. The molecule has 1 heterocycles. The quantitative estimate of drug-likeness (QED) is 0.772. The Morgan fingerprint density at radius 2 is 2.05 bits per heavy atom. The van der Waals surface area contributed by atoms with Gasteiger partial charge in [0.1, 0.15) is 0 Å². The molecule has 2 atom stereocenters. The van der Waals surface area contributed by atoms with Crippen LogP contribution in [0.4, 0.5) is 0 Å². The van der Waals surface area contributed by atoms with E-state index in [1.165, 1.54) is 0 Å². The minimum atomic E-state index is -2.79. The maximum Gasteiger partial charge on any atom is 0.151 e. The zero-order valence-corrected chi connectivity index (χ0v) is 13.9. The number of nitrogens with one attached hydrogen (secondary N) is 1. The fourth-order valence-electron chi connectivity index (χ4n) is 2.67. The monoisotopic (exact) mass is 290 g/mol. The van der Waals surface area contributed by atoms with Gasteiger partial charge >= 0.3 is 0 Å². The summed E-state index contributed by atoms with van der Waals surface area (Å²) in [6, 6.07) is 0.621. The first-order valence-corrected chi connectivity index (χ1v) is 9.14. The molecule has 1 saturated heterocycles. The second-order valence-electron chi connectivity index (χ2n) is 6.64. The topological polar surface area (TPSA) is 49.4 Å². The summed E-state index contributed by atoms with van der Waals surface area (Å²) in [5.41, 5.74) is 0.135. The van der Waals surface area contributed by atoms with Gasteiger partial charge in [-0.05, 0) is 38.8 Å². The summed E-state index contributed by atoms with van der Waals surface area (Å²) in [6.45, 7) is 10.8. The number of sulfone groups is 1. The van der Waals surface area contributed by atoms with Crippen LogP contribution in [0.3, 0.4) is 0 Å². The third-order valence-corrected chi connectivity index (χ3v) is 6.11. The van der Waals surface area contributed by atoms with E-state index in [1.807, 2.05) is 0 Å². The van der Waals surface area contributed by atoms with Crippen molar-refractivity contribution in [2.75, 3.05) is 31.6 Å². The lowest BCUT2D eigenvalue weighted by molar-refractivity contribution is 0.138. The van der Waals surface area contributed by atoms with Crippen LogP contribution in [0.15, 0.2) is 0 Å². The predicted molar refractivity (Wildman–Crippen MR) is 81.2 cm³/mol. The Morgan fingerprint density at radius 1 is 1.42 bits per heavy atom. The average molecular weight is 290 g/mol. The molecule has 1 aliphatic rings. The number of hydrogen-bond acceptors (Lipinski definition) is 4. The molecule has 0 aromatic rings. The smallest absolute Gasteiger partial charge is 0.151 e. The molecule has 0 aliphatic carbocycles. The van der Waals surface area contributed by atoms with E-state index in [4.69, 9.17) is 0 Å². The standard InChI is InChI=1S/C14H30N2O2S/c1-6-8-15-12(2)14(3,4)11-16(5)13-7-9-19(17,18)10-13/h12-13,15H,6-11H2,1-5H3. The third-order valence-electron chi connectivity index (χ3n) is 4.36. The highest BCUT2D eigenvalue weighted by atomic mass is 32.2. The second-order valence-corrected chi connectivity index (χ2v) is 8.87. The number of rotatable bonds is 7. The zero-order valence-electron chi connectivity index (χ0n) is 13.1. The first kappa shape index (κ1) is 16.9. The van der Waals surface area contributed by atoms with Crippen LogP contribution in [-0.2, 0) is 9.84 Å². The van der Waals surface area contributed by atoms with Crippen molar-refractivity contribution < 1.29 is 8.42 Å². The Bertz CT molecular complexity index is 379. The SMILES string of the molecule is CCCNC(C)C(C)(C)CN(C)C1CCS(=O)(=O)C1. The number of hydrogen-bond donors (Lipinski definition) is 1. The van der Waals surface area contributed by atoms with E-state index in [0.29, 0.717) is 17.5 Å². The Kier molecular flexibility index (Phi) is 5.83. The summed E-state index contributed by atoms with van der Waals surface area (Å²) in [7, 11) is -0.732. The molecular formula is C14H30N2O2S. The molecule has 0 bridgehead atoms. The third kappa shape index (κ3) is 5.04. The van der Waals surface area contributed by atoms with Crippen LogP contribution in [0.1, 0.15) is 40.5 Å². The lowest BCUT2D eigenvalue weighted by Crippen LogP contribution is -2.48. The highest BCUT2D eigenvalue weighted by molar-refractivity contribution is 7.91. The van der Waals surface area contributed by atoms with E-state index in [0.717, 1.165) is 25.9 Å². The molecule has 0 saturated carbocycles. The molecule has 1 N–H and O–H groups in total. The summed E-state index contributed by atoms with van der Waals surface area (Å²) < 4.78 is 23.1. The van der Waals surface area contributed by atoms with Crippen molar-refractivity contribution in [3.8, 4) is 0 Å². The van der Waals surface area contributed by atoms with Crippen molar-refractivity contribution >= 4 is 9.84 Å². The van der Waals surface area contributed by atoms with Crippen LogP contribution in [0.2, 0.25) is 0 Å². The molecule has 2 unspecified atom stereocenters. The summed E-state index contributed by atoms with van der Waals surface area (Å²) in [5.74, 6) is 0.683. The van der Waals surface area contributed by atoms with Crippen LogP contribution in [0.25, 0.3) is 0 Å². The molecule has 114 valence electrons. The van der Waals surface area contributed by atoms with Crippen molar-refractivity contribution in [3.05, 3.63) is 0 Å². The summed E-state index contributed by atoms with van der Waals surface area (Å²) >= 11 is 0. The minimum Gasteiger partial charge on any atom is -0.314 e. The van der Waals surface area contributed by atoms with E-state index < -0.39 is 9.84 Å². The molecule has 0 amide bonds. The molecule has 1 aliphatic heterocycles. The van der Waals surface area contributed by atoms with E-state index >= 15 is 0 Å². The molecular weight excluding hydrogens is 260 g/mol. The summed E-state index contributed by atoms with van der Waals surface area (Å²) in [6.07, 6.45) is 1.92. The van der Waals surface area contributed by atoms with Crippen molar-refractivity contribution in [2.24, 2.45) is 5.41 Å². The molecule has 5 heteroatoms. The molecule has 1 fully saturated rings. The van der Waals surface area contributed by atoms with Gasteiger partial charge in [0.05, 0.1) is 11.5 Å². The Labute approximate surface area is 118 Å². The van der Waals surface area contributed by atoms with Crippen LogP contribution in [0.5, 0.6) is 0 Å². The molecule has 0 radical (unpaired) electrons. The summed E-state index contributed by atoms with van der Waals surface area (Å²) in [5, 5.41) is 3.54. The van der Waals surface area contributed by atoms with Crippen LogP contribution >= 0.6 is 0 Å². The van der Waals surface area contributed by atoms with Crippen LogP contribution in [0, 0.1) is 5.41 Å². The Morgan fingerprint density at radius 3 is 2.53 bits per heavy atom. The molecule has 0 aromatic heterocycles.